The van der Waals surface area contributed by atoms with Gasteiger partial charge in [0.1, 0.15) is 0 Å². The van der Waals surface area contributed by atoms with Crippen molar-refractivity contribution in [1.82, 2.24) is 10.2 Å². The molecule has 15 heavy (non-hydrogen) atoms. The van der Waals surface area contributed by atoms with Crippen LogP contribution in [0.2, 0.25) is 0 Å². The Hall–Kier alpha value is -0.130. The standard InChI is InChI=1S/C10H22N2O2S/c1-10(2,3)15(13,14)9-8-12-6-4-11-5-7-12/h11H,4-9H2,1-3H3. The number of hydrogen-bond acceptors (Lipinski definition) is 4. The fraction of sp³-hybridized carbons (Fsp3) is 1.00. The summed E-state index contributed by atoms with van der Waals surface area (Å²) in [6.07, 6.45) is 0. The van der Waals surface area contributed by atoms with Crippen LogP contribution >= 0.6 is 0 Å². The van der Waals surface area contributed by atoms with Gasteiger partial charge in [-0.2, -0.15) is 0 Å². The minimum atomic E-state index is -2.96. The summed E-state index contributed by atoms with van der Waals surface area (Å²) in [6.45, 7) is 9.81. The Balaban J connectivity index is 2.42. The average molecular weight is 234 g/mol. The zero-order chi connectivity index (χ0) is 11.5. The van der Waals surface area contributed by atoms with Crippen molar-refractivity contribution in [3.63, 3.8) is 0 Å². The van der Waals surface area contributed by atoms with E-state index in [1.807, 2.05) is 0 Å². The summed E-state index contributed by atoms with van der Waals surface area (Å²) < 4.78 is 23.1. The van der Waals surface area contributed by atoms with E-state index >= 15 is 0 Å². The van der Waals surface area contributed by atoms with E-state index < -0.39 is 14.6 Å². The smallest absolute Gasteiger partial charge is 0.156 e. The highest BCUT2D eigenvalue weighted by Gasteiger charge is 2.29. The van der Waals surface area contributed by atoms with E-state index in [-0.39, 0.29) is 5.75 Å². The highest BCUT2D eigenvalue weighted by Crippen LogP contribution is 2.15. The number of rotatable bonds is 3. The lowest BCUT2D eigenvalue weighted by Crippen LogP contribution is -2.46. The zero-order valence-electron chi connectivity index (χ0n) is 9.91. The Labute approximate surface area is 93.0 Å². The van der Waals surface area contributed by atoms with Gasteiger partial charge in [0.2, 0.25) is 0 Å². The number of nitrogens with zero attached hydrogens (tertiary/aromatic N) is 1. The number of piperazine rings is 1. The van der Waals surface area contributed by atoms with Crippen LogP contribution in [0.3, 0.4) is 0 Å². The van der Waals surface area contributed by atoms with E-state index in [2.05, 4.69) is 10.2 Å². The molecule has 1 saturated heterocycles. The first-order chi connectivity index (χ1) is 6.83. The summed E-state index contributed by atoms with van der Waals surface area (Å²) in [4.78, 5) is 2.21. The summed E-state index contributed by atoms with van der Waals surface area (Å²) in [6, 6.07) is 0. The zero-order valence-corrected chi connectivity index (χ0v) is 10.7. The largest absolute Gasteiger partial charge is 0.314 e. The molecule has 0 atom stereocenters. The maximum absolute atomic E-state index is 11.9. The summed E-state index contributed by atoms with van der Waals surface area (Å²) in [7, 11) is -2.96. The minimum absolute atomic E-state index is 0.274. The molecule has 90 valence electrons. The van der Waals surface area contributed by atoms with Crippen LogP contribution in [0, 0.1) is 0 Å². The summed E-state index contributed by atoms with van der Waals surface area (Å²) >= 11 is 0. The predicted molar refractivity (Wildman–Crippen MR) is 62.8 cm³/mol. The quantitative estimate of drug-likeness (QED) is 0.753. The van der Waals surface area contributed by atoms with Gasteiger partial charge in [0.05, 0.1) is 10.5 Å². The van der Waals surface area contributed by atoms with E-state index in [1.54, 1.807) is 20.8 Å². The lowest BCUT2D eigenvalue weighted by molar-refractivity contribution is 0.253. The van der Waals surface area contributed by atoms with Crippen molar-refractivity contribution in [3.05, 3.63) is 0 Å². The average Bonchev–Trinajstić information content (AvgIpc) is 2.15. The molecule has 1 rings (SSSR count). The molecule has 0 spiro atoms. The molecule has 0 amide bonds. The van der Waals surface area contributed by atoms with Crippen molar-refractivity contribution in [2.24, 2.45) is 0 Å². The van der Waals surface area contributed by atoms with Gasteiger partial charge in [-0.1, -0.05) is 0 Å². The maximum atomic E-state index is 11.9. The molecule has 0 aromatic rings. The van der Waals surface area contributed by atoms with Crippen molar-refractivity contribution in [2.75, 3.05) is 38.5 Å². The first kappa shape index (κ1) is 12.9. The third-order valence-corrected chi connectivity index (χ3v) is 5.40. The minimum Gasteiger partial charge on any atom is -0.314 e. The molecule has 1 aliphatic heterocycles. The summed E-state index contributed by atoms with van der Waals surface area (Å²) in [5, 5.41) is 3.25. The topological polar surface area (TPSA) is 49.4 Å². The van der Waals surface area contributed by atoms with Gasteiger partial charge in [-0.25, -0.2) is 8.42 Å². The molecule has 0 radical (unpaired) electrons. The Morgan fingerprint density at radius 1 is 1.20 bits per heavy atom. The fourth-order valence-electron chi connectivity index (χ4n) is 1.49. The van der Waals surface area contributed by atoms with Crippen molar-refractivity contribution in [2.45, 2.75) is 25.5 Å². The molecule has 1 heterocycles. The van der Waals surface area contributed by atoms with Gasteiger partial charge >= 0.3 is 0 Å². The van der Waals surface area contributed by atoms with Crippen LogP contribution in [0.1, 0.15) is 20.8 Å². The SMILES string of the molecule is CC(C)(C)S(=O)(=O)CCN1CCNCC1. The van der Waals surface area contributed by atoms with Crippen LogP contribution in [0.15, 0.2) is 0 Å². The van der Waals surface area contributed by atoms with Crippen molar-refractivity contribution in [3.8, 4) is 0 Å². The second kappa shape index (κ2) is 4.80. The Morgan fingerprint density at radius 2 is 1.73 bits per heavy atom. The van der Waals surface area contributed by atoms with E-state index in [1.165, 1.54) is 0 Å². The molecule has 0 aromatic carbocycles. The van der Waals surface area contributed by atoms with Crippen molar-refractivity contribution in [1.29, 1.82) is 0 Å². The lowest BCUT2D eigenvalue weighted by atomic mass is 10.3. The first-order valence-electron chi connectivity index (χ1n) is 5.48. The summed E-state index contributed by atoms with van der Waals surface area (Å²) in [5.74, 6) is 0.274. The molecule has 1 aliphatic rings. The number of nitrogens with one attached hydrogen (secondary N) is 1. The van der Waals surface area contributed by atoms with E-state index in [9.17, 15) is 8.42 Å². The highest BCUT2D eigenvalue weighted by atomic mass is 32.2. The molecule has 5 heteroatoms. The fourth-order valence-corrected chi connectivity index (χ4v) is 2.60. The molecule has 0 aromatic heterocycles. The molecule has 0 unspecified atom stereocenters. The maximum Gasteiger partial charge on any atom is 0.156 e. The van der Waals surface area contributed by atoms with Gasteiger partial charge in [-0.05, 0) is 20.8 Å². The van der Waals surface area contributed by atoms with Crippen molar-refractivity contribution >= 4 is 9.84 Å². The van der Waals surface area contributed by atoms with Gasteiger partial charge in [0, 0.05) is 32.7 Å². The predicted octanol–water partition coefficient (Wildman–Crippen LogP) is 0.105. The number of sulfone groups is 1. The van der Waals surface area contributed by atoms with Crippen LogP contribution < -0.4 is 5.32 Å². The van der Waals surface area contributed by atoms with E-state index in [0.29, 0.717) is 6.54 Å². The molecular weight excluding hydrogens is 212 g/mol. The monoisotopic (exact) mass is 234 g/mol. The molecular formula is C10H22N2O2S. The van der Waals surface area contributed by atoms with Crippen molar-refractivity contribution < 1.29 is 8.42 Å². The highest BCUT2D eigenvalue weighted by molar-refractivity contribution is 7.92. The molecule has 1 N–H and O–H groups in total. The molecule has 4 nitrogen and oxygen atoms in total. The summed E-state index contributed by atoms with van der Waals surface area (Å²) in [5.41, 5.74) is 0. The van der Waals surface area contributed by atoms with Gasteiger partial charge in [0.25, 0.3) is 0 Å². The first-order valence-corrected chi connectivity index (χ1v) is 7.13. The van der Waals surface area contributed by atoms with Gasteiger partial charge in [0.15, 0.2) is 9.84 Å². The Bertz CT molecular complexity index is 287. The van der Waals surface area contributed by atoms with E-state index in [4.69, 9.17) is 0 Å². The third kappa shape index (κ3) is 3.74. The van der Waals surface area contributed by atoms with Gasteiger partial charge < -0.3 is 5.32 Å². The Kier molecular flexibility index (Phi) is 4.14. The second-order valence-electron chi connectivity index (χ2n) is 5.02. The van der Waals surface area contributed by atoms with Gasteiger partial charge in [-0.15, -0.1) is 0 Å². The normalized spacial score (nSPS) is 20.5. The Morgan fingerprint density at radius 3 is 2.20 bits per heavy atom. The van der Waals surface area contributed by atoms with Crippen LogP contribution in [0.5, 0.6) is 0 Å². The molecule has 0 aliphatic carbocycles. The molecule has 0 saturated carbocycles. The van der Waals surface area contributed by atoms with Crippen LogP contribution in [0.25, 0.3) is 0 Å². The van der Waals surface area contributed by atoms with Crippen LogP contribution in [-0.4, -0.2) is 56.5 Å². The van der Waals surface area contributed by atoms with E-state index in [0.717, 1.165) is 26.2 Å². The number of hydrogen-bond donors (Lipinski definition) is 1. The van der Waals surface area contributed by atoms with Gasteiger partial charge in [-0.3, -0.25) is 4.90 Å². The lowest BCUT2D eigenvalue weighted by Gasteiger charge is -2.28. The molecule has 1 fully saturated rings. The van der Waals surface area contributed by atoms with Crippen LogP contribution in [-0.2, 0) is 9.84 Å². The van der Waals surface area contributed by atoms with Crippen LogP contribution in [0.4, 0.5) is 0 Å². The second-order valence-corrected chi connectivity index (χ2v) is 7.89. The third-order valence-electron chi connectivity index (χ3n) is 2.82. The molecule has 0 bridgehead atoms.